The Labute approximate surface area is 123 Å². The molecule has 1 aliphatic rings. The van der Waals surface area contributed by atoms with E-state index in [1.807, 2.05) is 0 Å². The third-order valence-electron chi connectivity index (χ3n) is 4.47. The average Bonchev–Trinajstić information content (AvgIpc) is 2.45. The van der Waals surface area contributed by atoms with E-state index in [9.17, 15) is 8.78 Å². The highest BCUT2D eigenvalue weighted by atomic mass is 35.5. The molecule has 0 saturated heterocycles. The average molecular weight is 303 g/mol. The van der Waals surface area contributed by atoms with Gasteiger partial charge in [-0.25, -0.2) is 8.78 Å². The number of rotatable bonds is 4. The second kappa shape index (κ2) is 6.83. The van der Waals surface area contributed by atoms with Crippen LogP contribution in [0.25, 0.3) is 0 Å². The fourth-order valence-electron chi connectivity index (χ4n) is 3.40. The summed E-state index contributed by atoms with van der Waals surface area (Å²) in [6, 6.07) is 1.83. The molecule has 112 valence electrons. The molecule has 1 aromatic carbocycles. The molecule has 3 unspecified atom stereocenters. The molecule has 0 aliphatic heterocycles. The molecule has 1 fully saturated rings. The SMILES string of the molecule is CCC1CCCCC1C(NN)c1cc(F)c(Cl)cc1F. The van der Waals surface area contributed by atoms with Crippen LogP contribution in [0.4, 0.5) is 8.78 Å². The van der Waals surface area contributed by atoms with Gasteiger partial charge in [-0.05, 0) is 30.4 Å². The summed E-state index contributed by atoms with van der Waals surface area (Å²) >= 11 is 5.61. The Balaban J connectivity index is 2.33. The molecule has 1 aromatic rings. The number of nitrogens with one attached hydrogen (secondary N) is 1. The minimum absolute atomic E-state index is 0.197. The van der Waals surface area contributed by atoms with Crippen LogP contribution in [0.15, 0.2) is 12.1 Å². The molecule has 0 amide bonds. The highest BCUT2D eigenvalue weighted by molar-refractivity contribution is 6.30. The first kappa shape index (κ1) is 15.7. The minimum Gasteiger partial charge on any atom is -0.271 e. The lowest BCUT2D eigenvalue weighted by atomic mass is 9.72. The molecule has 20 heavy (non-hydrogen) atoms. The van der Waals surface area contributed by atoms with Gasteiger partial charge in [-0.2, -0.15) is 0 Å². The molecule has 0 radical (unpaired) electrons. The standard InChI is InChI=1S/C15H21ClF2N2/c1-2-9-5-3-4-6-10(9)15(20-19)11-7-14(18)12(16)8-13(11)17/h7-10,15,20H,2-6,19H2,1H3. The quantitative estimate of drug-likeness (QED) is 0.493. The fourth-order valence-corrected chi connectivity index (χ4v) is 3.55. The molecular formula is C15H21ClF2N2. The van der Waals surface area contributed by atoms with E-state index < -0.39 is 11.6 Å². The Morgan fingerprint density at radius 1 is 1.30 bits per heavy atom. The van der Waals surface area contributed by atoms with Crippen molar-refractivity contribution in [2.45, 2.75) is 45.1 Å². The largest absolute Gasteiger partial charge is 0.271 e. The van der Waals surface area contributed by atoms with Gasteiger partial charge in [0.1, 0.15) is 11.6 Å². The van der Waals surface area contributed by atoms with E-state index in [2.05, 4.69) is 12.3 Å². The summed E-state index contributed by atoms with van der Waals surface area (Å²) in [5.41, 5.74) is 2.97. The molecule has 0 bridgehead atoms. The van der Waals surface area contributed by atoms with Crippen molar-refractivity contribution >= 4 is 11.6 Å². The number of hydrogen-bond donors (Lipinski definition) is 2. The van der Waals surface area contributed by atoms with Gasteiger partial charge in [0.15, 0.2) is 0 Å². The van der Waals surface area contributed by atoms with Crippen LogP contribution < -0.4 is 11.3 Å². The van der Waals surface area contributed by atoms with E-state index in [1.54, 1.807) is 0 Å². The van der Waals surface area contributed by atoms with E-state index in [1.165, 1.54) is 12.5 Å². The summed E-state index contributed by atoms with van der Waals surface area (Å²) < 4.78 is 27.7. The van der Waals surface area contributed by atoms with Crippen LogP contribution in [0.3, 0.4) is 0 Å². The summed E-state index contributed by atoms with van der Waals surface area (Å²) in [6.07, 6.45) is 5.44. The third-order valence-corrected chi connectivity index (χ3v) is 4.76. The van der Waals surface area contributed by atoms with Gasteiger partial charge in [-0.15, -0.1) is 0 Å². The number of hydrazine groups is 1. The molecular weight excluding hydrogens is 282 g/mol. The van der Waals surface area contributed by atoms with Gasteiger partial charge in [-0.1, -0.05) is 44.2 Å². The van der Waals surface area contributed by atoms with Crippen LogP contribution in [0.5, 0.6) is 0 Å². The number of nitrogens with two attached hydrogens (primary N) is 1. The van der Waals surface area contributed by atoms with E-state index >= 15 is 0 Å². The summed E-state index contributed by atoms with van der Waals surface area (Å²) in [4.78, 5) is 0. The molecule has 3 N–H and O–H groups in total. The molecule has 1 aliphatic carbocycles. The van der Waals surface area contributed by atoms with E-state index in [-0.39, 0.29) is 22.5 Å². The van der Waals surface area contributed by atoms with Gasteiger partial charge in [0.2, 0.25) is 0 Å². The number of benzene rings is 1. The zero-order valence-corrected chi connectivity index (χ0v) is 12.4. The molecule has 1 saturated carbocycles. The Hall–Kier alpha value is -0.710. The number of halogens is 3. The van der Waals surface area contributed by atoms with Crippen LogP contribution in [-0.4, -0.2) is 0 Å². The Morgan fingerprint density at radius 2 is 2.00 bits per heavy atom. The summed E-state index contributed by atoms with van der Waals surface area (Å²) in [6.45, 7) is 2.13. The predicted molar refractivity (Wildman–Crippen MR) is 77.2 cm³/mol. The first-order valence-electron chi connectivity index (χ1n) is 7.19. The van der Waals surface area contributed by atoms with Crippen molar-refractivity contribution in [1.29, 1.82) is 0 Å². The van der Waals surface area contributed by atoms with Crippen molar-refractivity contribution in [3.8, 4) is 0 Å². The van der Waals surface area contributed by atoms with Crippen LogP contribution in [0.1, 0.15) is 50.6 Å². The Morgan fingerprint density at radius 3 is 2.65 bits per heavy atom. The van der Waals surface area contributed by atoms with Crippen LogP contribution >= 0.6 is 11.6 Å². The molecule has 2 nitrogen and oxygen atoms in total. The normalized spacial score (nSPS) is 24.6. The van der Waals surface area contributed by atoms with Crippen LogP contribution in [0.2, 0.25) is 5.02 Å². The van der Waals surface area contributed by atoms with Gasteiger partial charge in [0.05, 0.1) is 11.1 Å². The first-order valence-corrected chi connectivity index (χ1v) is 7.56. The summed E-state index contributed by atoms with van der Waals surface area (Å²) in [5.74, 6) is 5.25. The summed E-state index contributed by atoms with van der Waals surface area (Å²) in [7, 11) is 0. The van der Waals surface area contributed by atoms with Crippen molar-refractivity contribution in [2.24, 2.45) is 17.7 Å². The van der Waals surface area contributed by atoms with Crippen LogP contribution in [-0.2, 0) is 0 Å². The third kappa shape index (κ3) is 3.13. The molecule has 2 rings (SSSR count). The number of hydrogen-bond acceptors (Lipinski definition) is 2. The van der Waals surface area contributed by atoms with Gasteiger partial charge in [0, 0.05) is 5.56 Å². The lowest BCUT2D eigenvalue weighted by Gasteiger charge is -2.37. The monoisotopic (exact) mass is 302 g/mol. The second-order valence-corrected chi connectivity index (χ2v) is 5.96. The maximum atomic E-state index is 14.1. The molecule has 3 atom stereocenters. The van der Waals surface area contributed by atoms with Gasteiger partial charge < -0.3 is 0 Å². The maximum Gasteiger partial charge on any atom is 0.142 e. The van der Waals surface area contributed by atoms with Gasteiger partial charge in [-0.3, -0.25) is 11.3 Å². The molecule has 0 aromatic heterocycles. The molecule has 5 heteroatoms. The van der Waals surface area contributed by atoms with Crippen LogP contribution in [0, 0.1) is 23.5 Å². The topological polar surface area (TPSA) is 38.0 Å². The lowest BCUT2D eigenvalue weighted by Crippen LogP contribution is -2.38. The smallest absolute Gasteiger partial charge is 0.142 e. The fraction of sp³-hybridized carbons (Fsp3) is 0.600. The van der Waals surface area contributed by atoms with Crippen molar-refractivity contribution in [3.63, 3.8) is 0 Å². The Kier molecular flexibility index (Phi) is 5.35. The lowest BCUT2D eigenvalue weighted by molar-refractivity contribution is 0.173. The Bertz CT molecular complexity index is 467. The zero-order valence-electron chi connectivity index (χ0n) is 11.6. The minimum atomic E-state index is -0.604. The highest BCUT2D eigenvalue weighted by Crippen LogP contribution is 2.41. The van der Waals surface area contributed by atoms with E-state index in [0.717, 1.165) is 31.7 Å². The predicted octanol–water partition coefficient (Wildman–Crippen LogP) is 4.34. The zero-order chi connectivity index (χ0) is 14.7. The van der Waals surface area contributed by atoms with Crippen molar-refractivity contribution in [1.82, 2.24) is 5.43 Å². The maximum absolute atomic E-state index is 14.1. The van der Waals surface area contributed by atoms with Crippen molar-refractivity contribution in [3.05, 3.63) is 34.4 Å². The highest BCUT2D eigenvalue weighted by Gasteiger charge is 2.33. The summed E-state index contributed by atoms with van der Waals surface area (Å²) in [5, 5.41) is -0.197. The first-order chi connectivity index (χ1) is 9.58. The van der Waals surface area contributed by atoms with E-state index in [4.69, 9.17) is 17.4 Å². The van der Waals surface area contributed by atoms with Gasteiger partial charge >= 0.3 is 0 Å². The van der Waals surface area contributed by atoms with E-state index in [0.29, 0.717) is 5.92 Å². The molecule has 0 heterocycles. The molecule has 0 spiro atoms. The second-order valence-electron chi connectivity index (χ2n) is 5.55. The van der Waals surface area contributed by atoms with Gasteiger partial charge in [0.25, 0.3) is 0 Å². The van der Waals surface area contributed by atoms with Crippen molar-refractivity contribution < 1.29 is 8.78 Å². The van der Waals surface area contributed by atoms with Crippen molar-refractivity contribution in [2.75, 3.05) is 0 Å².